The Bertz CT molecular complexity index is 368. The van der Waals surface area contributed by atoms with Crippen molar-refractivity contribution in [3.63, 3.8) is 0 Å². The number of piperazine rings is 1. The lowest BCUT2D eigenvalue weighted by Crippen LogP contribution is -2.47. The molecular weight excluding hydrogens is 222 g/mol. The minimum absolute atomic E-state index is 0.319. The van der Waals surface area contributed by atoms with Crippen LogP contribution >= 0.6 is 0 Å². The number of nitrogens with zero attached hydrogens (tertiary/aromatic N) is 2. The van der Waals surface area contributed by atoms with Gasteiger partial charge in [-0.25, -0.2) is 0 Å². The normalized spacial score (nSPS) is 18.9. The molecule has 1 atom stereocenters. The molecule has 1 aromatic carbocycles. The van der Waals surface area contributed by atoms with Crippen LogP contribution in [0.4, 0.5) is 5.69 Å². The zero-order valence-electron chi connectivity index (χ0n) is 11.6. The number of rotatable bonds is 4. The molecule has 3 nitrogen and oxygen atoms in total. The van der Waals surface area contributed by atoms with Gasteiger partial charge in [0.1, 0.15) is 0 Å². The highest BCUT2D eigenvalue weighted by atomic mass is 15.3. The van der Waals surface area contributed by atoms with E-state index in [-0.39, 0.29) is 0 Å². The van der Waals surface area contributed by atoms with Crippen LogP contribution in [0.15, 0.2) is 24.3 Å². The zero-order chi connectivity index (χ0) is 13.0. The van der Waals surface area contributed by atoms with E-state index < -0.39 is 0 Å². The van der Waals surface area contributed by atoms with Crippen LogP contribution in [-0.4, -0.2) is 43.7 Å². The fourth-order valence-electron chi connectivity index (χ4n) is 2.44. The highest BCUT2D eigenvalue weighted by Gasteiger charge is 2.16. The lowest BCUT2D eigenvalue weighted by atomic mass is 10.2. The maximum atomic E-state index is 5.81. The summed E-state index contributed by atoms with van der Waals surface area (Å²) >= 11 is 0. The topological polar surface area (TPSA) is 32.5 Å². The van der Waals surface area contributed by atoms with Gasteiger partial charge in [0.05, 0.1) is 0 Å². The third kappa shape index (κ3) is 3.72. The van der Waals surface area contributed by atoms with Gasteiger partial charge in [0.25, 0.3) is 0 Å². The van der Waals surface area contributed by atoms with E-state index in [2.05, 4.69) is 47.9 Å². The average molecular weight is 247 g/mol. The van der Waals surface area contributed by atoms with Gasteiger partial charge in [-0.15, -0.1) is 0 Å². The Morgan fingerprint density at radius 1 is 1.22 bits per heavy atom. The van der Waals surface area contributed by atoms with Crippen LogP contribution in [0.5, 0.6) is 0 Å². The fourth-order valence-corrected chi connectivity index (χ4v) is 2.44. The molecule has 1 aliphatic rings. The van der Waals surface area contributed by atoms with Crippen LogP contribution in [0.1, 0.15) is 18.9 Å². The molecule has 100 valence electrons. The Balaban J connectivity index is 1.83. The van der Waals surface area contributed by atoms with E-state index in [4.69, 9.17) is 5.73 Å². The molecule has 1 heterocycles. The number of anilines is 1. The Morgan fingerprint density at radius 3 is 2.56 bits per heavy atom. The molecule has 0 saturated carbocycles. The summed E-state index contributed by atoms with van der Waals surface area (Å²) in [5.41, 5.74) is 8.51. The molecule has 1 fully saturated rings. The first-order valence-corrected chi connectivity index (χ1v) is 6.95. The van der Waals surface area contributed by atoms with Crippen molar-refractivity contribution < 1.29 is 0 Å². The summed E-state index contributed by atoms with van der Waals surface area (Å²) in [6, 6.07) is 9.11. The number of aryl methyl sites for hydroxylation is 1. The molecule has 3 heteroatoms. The van der Waals surface area contributed by atoms with E-state index in [9.17, 15) is 0 Å². The molecule has 0 aliphatic carbocycles. The summed E-state index contributed by atoms with van der Waals surface area (Å²) in [6.07, 6.45) is 1.10. The Hall–Kier alpha value is -1.06. The summed E-state index contributed by atoms with van der Waals surface area (Å²) in [7, 11) is 0. The van der Waals surface area contributed by atoms with Crippen LogP contribution in [0.3, 0.4) is 0 Å². The molecule has 0 radical (unpaired) electrons. The molecule has 1 aliphatic heterocycles. The van der Waals surface area contributed by atoms with Gasteiger partial charge in [-0.2, -0.15) is 0 Å². The highest BCUT2D eigenvalue weighted by molar-refractivity contribution is 5.48. The van der Waals surface area contributed by atoms with Crippen molar-refractivity contribution in [2.45, 2.75) is 26.3 Å². The molecule has 0 amide bonds. The van der Waals surface area contributed by atoms with E-state index in [1.54, 1.807) is 0 Å². The van der Waals surface area contributed by atoms with Crippen LogP contribution < -0.4 is 10.6 Å². The minimum atomic E-state index is 0.319. The Morgan fingerprint density at radius 2 is 1.94 bits per heavy atom. The Kier molecular flexibility index (Phi) is 4.61. The van der Waals surface area contributed by atoms with Gasteiger partial charge in [-0.05, 0) is 44.5 Å². The Labute approximate surface area is 111 Å². The average Bonchev–Trinajstić information content (AvgIpc) is 2.37. The lowest BCUT2D eigenvalue weighted by Gasteiger charge is -2.36. The third-order valence-electron chi connectivity index (χ3n) is 3.64. The quantitative estimate of drug-likeness (QED) is 0.881. The summed E-state index contributed by atoms with van der Waals surface area (Å²) in [5, 5.41) is 0. The maximum absolute atomic E-state index is 5.81. The van der Waals surface area contributed by atoms with Crippen molar-refractivity contribution in [3.8, 4) is 0 Å². The number of benzene rings is 1. The van der Waals surface area contributed by atoms with Crippen molar-refractivity contribution in [3.05, 3.63) is 29.8 Å². The molecule has 1 aromatic rings. The molecule has 18 heavy (non-hydrogen) atoms. The van der Waals surface area contributed by atoms with Crippen LogP contribution in [-0.2, 0) is 0 Å². The highest BCUT2D eigenvalue weighted by Crippen LogP contribution is 2.17. The fraction of sp³-hybridized carbons (Fsp3) is 0.600. The standard InChI is InChI=1S/C15H25N3/c1-13-4-3-5-15(12-13)18-10-8-17(9-11-18)7-6-14(2)16/h3-5,12,14H,6-11,16H2,1-2H3/t14-/m1/s1. The SMILES string of the molecule is Cc1cccc(N2CCN(CC[C@@H](C)N)CC2)c1. The van der Waals surface area contributed by atoms with E-state index in [1.165, 1.54) is 11.3 Å². The summed E-state index contributed by atoms with van der Waals surface area (Å²) in [4.78, 5) is 5.00. The van der Waals surface area contributed by atoms with Gasteiger partial charge in [0, 0.05) is 37.9 Å². The van der Waals surface area contributed by atoms with Crippen molar-refractivity contribution in [1.29, 1.82) is 0 Å². The van der Waals surface area contributed by atoms with Crippen LogP contribution in [0, 0.1) is 6.92 Å². The molecule has 2 rings (SSSR count). The smallest absolute Gasteiger partial charge is 0.0369 e. The number of hydrogen-bond donors (Lipinski definition) is 1. The predicted molar refractivity (Wildman–Crippen MR) is 78.1 cm³/mol. The third-order valence-corrected chi connectivity index (χ3v) is 3.64. The first kappa shape index (κ1) is 13.4. The first-order valence-electron chi connectivity index (χ1n) is 6.95. The van der Waals surface area contributed by atoms with Crippen LogP contribution in [0.25, 0.3) is 0 Å². The second-order valence-corrected chi connectivity index (χ2v) is 5.43. The number of nitrogens with two attached hydrogens (primary N) is 1. The second-order valence-electron chi connectivity index (χ2n) is 5.43. The van der Waals surface area contributed by atoms with Crippen molar-refractivity contribution in [1.82, 2.24) is 4.90 Å². The monoisotopic (exact) mass is 247 g/mol. The molecule has 1 saturated heterocycles. The van der Waals surface area contributed by atoms with Gasteiger partial charge < -0.3 is 10.6 Å². The van der Waals surface area contributed by atoms with Gasteiger partial charge in [-0.3, -0.25) is 4.90 Å². The minimum Gasteiger partial charge on any atom is -0.369 e. The molecular formula is C15H25N3. The van der Waals surface area contributed by atoms with E-state index in [0.29, 0.717) is 6.04 Å². The largest absolute Gasteiger partial charge is 0.369 e. The van der Waals surface area contributed by atoms with Crippen molar-refractivity contribution >= 4 is 5.69 Å². The van der Waals surface area contributed by atoms with Gasteiger partial charge in [0.2, 0.25) is 0 Å². The molecule has 0 spiro atoms. The molecule has 0 unspecified atom stereocenters. The molecule has 0 aromatic heterocycles. The van der Waals surface area contributed by atoms with E-state index in [0.717, 1.165) is 39.1 Å². The number of hydrogen-bond acceptors (Lipinski definition) is 3. The van der Waals surface area contributed by atoms with Crippen molar-refractivity contribution in [2.24, 2.45) is 5.73 Å². The predicted octanol–water partition coefficient (Wildman–Crippen LogP) is 1.85. The summed E-state index contributed by atoms with van der Waals surface area (Å²) in [6.45, 7) is 9.94. The van der Waals surface area contributed by atoms with E-state index in [1.807, 2.05) is 0 Å². The second kappa shape index (κ2) is 6.21. The van der Waals surface area contributed by atoms with Gasteiger partial charge in [0.15, 0.2) is 0 Å². The van der Waals surface area contributed by atoms with Gasteiger partial charge >= 0.3 is 0 Å². The lowest BCUT2D eigenvalue weighted by molar-refractivity contribution is 0.250. The molecule has 2 N–H and O–H groups in total. The van der Waals surface area contributed by atoms with Crippen LogP contribution in [0.2, 0.25) is 0 Å². The first-order chi connectivity index (χ1) is 8.65. The maximum Gasteiger partial charge on any atom is 0.0369 e. The van der Waals surface area contributed by atoms with Gasteiger partial charge in [-0.1, -0.05) is 12.1 Å². The van der Waals surface area contributed by atoms with Crippen molar-refractivity contribution in [2.75, 3.05) is 37.6 Å². The zero-order valence-corrected chi connectivity index (χ0v) is 11.6. The molecule has 0 bridgehead atoms. The summed E-state index contributed by atoms with van der Waals surface area (Å²) < 4.78 is 0. The van der Waals surface area contributed by atoms with E-state index >= 15 is 0 Å². The summed E-state index contributed by atoms with van der Waals surface area (Å²) in [5.74, 6) is 0.